The number of ether oxygens (including phenoxy) is 1. The molecule has 23 heavy (non-hydrogen) atoms. The van der Waals surface area contributed by atoms with Gasteiger partial charge in [0.15, 0.2) is 0 Å². The minimum atomic E-state index is -0.756. The number of rotatable bonds is 7. The molecule has 2 aromatic rings. The Balaban J connectivity index is 2.04. The summed E-state index contributed by atoms with van der Waals surface area (Å²) in [5, 5.41) is 19.8. The van der Waals surface area contributed by atoms with Crippen molar-refractivity contribution in [2.24, 2.45) is 5.73 Å². The molecule has 6 heteroatoms. The van der Waals surface area contributed by atoms with Crippen LogP contribution in [0.4, 0.5) is 0 Å². The maximum atomic E-state index is 9.98. The summed E-state index contributed by atoms with van der Waals surface area (Å²) in [5.41, 5.74) is 6.73. The maximum absolute atomic E-state index is 9.98. The summed E-state index contributed by atoms with van der Waals surface area (Å²) in [6.45, 7) is 3.92. The highest BCUT2D eigenvalue weighted by Gasteiger charge is 2.13. The number of aromatic nitrogens is 2. The van der Waals surface area contributed by atoms with Crippen LogP contribution in [-0.2, 0) is 0 Å². The van der Waals surface area contributed by atoms with E-state index in [-0.39, 0.29) is 6.61 Å². The second-order valence-corrected chi connectivity index (χ2v) is 6.23. The van der Waals surface area contributed by atoms with Gasteiger partial charge in [0.05, 0.1) is 6.04 Å². The van der Waals surface area contributed by atoms with E-state index in [4.69, 9.17) is 10.5 Å². The second-order valence-electron chi connectivity index (χ2n) is 5.01. The molecule has 0 amide bonds. The van der Waals surface area contributed by atoms with E-state index in [1.54, 1.807) is 6.08 Å². The van der Waals surface area contributed by atoms with Gasteiger partial charge in [-0.3, -0.25) is 0 Å². The van der Waals surface area contributed by atoms with Gasteiger partial charge >= 0.3 is 0 Å². The van der Waals surface area contributed by atoms with Crippen molar-refractivity contribution in [1.29, 1.82) is 0 Å². The topological polar surface area (TPSA) is 81.3 Å². The van der Waals surface area contributed by atoms with Crippen molar-refractivity contribution < 1.29 is 9.84 Å². The molecule has 0 saturated heterocycles. The van der Waals surface area contributed by atoms with Crippen molar-refractivity contribution >= 4 is 23.5 Å². The Kier molecular flexibility index (Phi) is 6.46. The van der Waals surface area contributed by atoms with Gasteiger partial charge in [0, 0.05) is 5.56 Å². The van der Waals surface area contributed by atoms with Crippen molar-refractivity contribution in [3.63, 3.8) is 0 Å². The number of aryl methyl sites for hydroxylation is 1. The molecule has 1 aromatic heterocycles. The van der Waals surface area contributed by atoms with Crippen LogP contribution < -0.4 is 10.5 Å². The zero-order valence-electron chi connectivity index (χ0n) is 13.2. The van der Waals surface area contributed by atoms with E-state index in [2.05, 4.69) is 10.2 Å². The van der Waals surface area contributed by atoms with Crippen LogP contribution in [0.25, 0.3) is 12.2 Å². The van der Waals surface area contributed by atoms with Gasteiger partial charge in [-0.05, 0) is 32.1 Å². The highest BCUT2D eigenvalue weighted by atomic mass is 32.1. The number of nitrogens with zero attached hydrogens (tertiary/aromatic N) is 2. The lowest BCUT2D eigenvalue weighted by Gasteiger charge is -2.17. The van der Waals surface area contributed by atoms with E-state index < -0.39 is 12.1 Å². The van der Waals surface area contributed by atoms with Gasteiger partial charge in [-0.15, -0.1) is 10.2 Å². The molecule has 122 valence electrons. The van der Waals surface area contributed by atoms with Gasteiger partial charge in [0.1, 0.15) is 28.5 Å². The Labute approximate surface area is 140 Å². The molecule has 0 bridgehead atoms. The van der Waals surface area contributed by atoms with E-state index in [1.807, 2.05) is 56.3 Å². The van der Waals surface area contributed by atoms with E-state index in [0.717, 1.165) is 15.6 Å². The molecule has 5 nitrogen and oxygen atoms in total. The van der Waals surface area contributed by atoms with Crippen molar-refractivity contribution in [3.05, 3.63) is 52.0 Å². The molecule has 2 rings (SSSR count). The number of benzene rings is 1. The van der Waals surface area contributed by atoms with Crippen LogP contribution in [0.2, 0.25) is 0 Å². The van der Waals surface area contributed by atoms with Crippen LogP contribution >= 0.6 is 11.3 Å². The average molecular weight is 331 g/mol. The molecule has 0 fully saturated rings. The third-order valence-electron chi connectivity index (χ3n) is 3.13. The molecular weight excluding hydrogens is 310 g/mol. The zero-order chi connectivity index (χ0) is 16.7. The van der Waals surface area contributed by atoms with E-state index in [9.17, 15) is 5.11 Å². The van der Waals surface area contributed by atoms with Crippen molar-refractivity contribution in [2.45, 2.75) is 26.0 Å². The largest absolute Gasteiger partial charge is 0.490 e. The molecular formula is C17H21N3O2S. The molecule has 0 saturated carbocycles. The Hall–Kier alpha value is -2.02. The van der Waals surface area contributed by atoms with Crippen molar-refractivity contribution in [2.75, 3.05) is 6.61 Å². The molecule has 2 unspecified atom stereocenters. The summed E-state index contributed by atoms with van der Waals surface area (Å²) in [7, 11) is 0. The standard InChI is InChI=1S/C17H21N3O2S/c1-3-6-14(18)15(21)11-22-16-8-5-4-7-13(16)9-10-17-20-19-12(2)23-17/h3-10,14-15,21H,11,18H2,1-2H3. The van der Waals surface area contributed by atoms with E-state index in [0.29, 0.717) is 5.75 Å². The third-order valence-corrected chi connectivity index (χ3v) is 3.94. The summed E-state index contributed by atoms with van der Waals surface area (Å²) in [4.78, 5) is 0. The summed E-state index contributed by atoms with van der Waals surface area (Å²) < 4.78 is 5.71. The Morgan fingerprint density at radius 3 is 2.78 bits per heavy atom. The first-order valence-electron chi connectivity index (χ1n) is 7.36. The summed E-state index contributed by atoms with van der Waals surface area (Å²) in [6.07, 6.45) is 6.63. The normalized spacial score (nSPS) is 14.4. The highest BCUT2D eigenvalue weighted by molar-refractivity contribution is 7.12. The number of allylic oxidation sites excluding steroid dienone is 1. The van der Waals surface area contributed by atoms with Crippen LogP contribution in [0.5, 0.6) is 5.75 Å². The minimum absolute atomic E-state index is 0.133. The van der Waals surface area contributed by atoms with Gasteiger partial charge in [0.2, 0.25) is 0 Å². The number of nitrogens with two attached hydrogens (primary N) is 1. The molecule has 0 aliphatic carbocycles. The van der Waals surface area contributed by atoms with Crippen LogP contribution in [-0.4, -0.2) is 34.1 Å². The van der Waals surface area contributed by atoms with Crippen LogP contribution in [0, 0.1) is 6.92 Å². The van der Waals surface area contributed by atoms with Crippen LogP contribution in [0.15, 0.2) is 36.4 Å². The first-order valence-corrected chi connectivity index (χ1v) is 8.18. The zero-order valence-corrected chi connectivity index (χ0v) is 14.0. The molecule has 1 heterocycles. The fraction of sp³-hybridized carbons (Fsp3) is 0.294. The van der Waals surface area contributed by atoms with Gasteiger partial charge in [-0.2, -0.15) is 0 Å². The molecule has 3 N–H and O–H groups in total. The lowest BCUT2D eigenvalue weighted by atomic mass is 10.1. The van der Waals surface area contributed by atoms with Crippen LogP contribution in [0.1, 0.15) is 22.5 Å². The summed E-state index contributed by atoms with van der Waals surface area (Å²) in [5.74, 6) is 0.691. The smallest absolute Gasteiger partial charge is 0.140 e. The predicted molar refractivity (Wildman–Crippen MR) is 94.3 cm³/mol. The minimum Gasteiger partial charge on any atom is -0.490 e. The van der Waals surface area contributed by atoms with Gasteiger partial charge in [-0.1, -0.05) is 41.7 Å². The molecule has 0 aliphatic heterocycles. The van der Waals surface area contributed by atoms with Crippen molar-refractivity contribution in [3.8, 4) is 5.75 Å². The monoisotopic (exact) mass is 331 g/mol. The van der Waals surface area contributed by atoms with Crippen molar-refractivity contribution in [1.82, 2.24) is 10.2 Å². The fourth-order valence-corrected chi connectivity index (χ4v) is 2.53. The predicted octanol–water partition coefficient (Wildman–Crippen LogP) is 2.66. The Morgan fingerprint density at radius 2 is 2.09 bits per heavy atom. The number of para-hydroxylation sites is 1. The third kappa shape index (κ3) is 5.28. The quantitative estimate of drug-likeness (QED) is 0.762. The molecule has 1 aromatic carbocycles. The Bertz CT molecular complexity index is 682. The number of hydrogen-bond donors (Lipinski definition) is 2. The number of hydrogen-bond acceptors (Lipinski definition) is 6. The molecule has 0 spiro atoms. The fourth-order valence-electron chi connectivity index (χ4n) is 1.93. The average Bonchev–Trinajstić information content (AvgIpc) is 2.97. The first kappa shape index (κ1) is 17.3. The summed E-state index contributed by atoms with van der Waals surface area (Å²) in [6, 6.07) is 7.18. The molecule has 2 atom stereocenters. The maximum Gasteiger partial charge on any atom is 0.140 e. The van der Waals surface area contributed by atoms with E-state index >= 15 is 0 Å². The van der Waals surface area contributed by atoms with E-state index in [1.165, 1.54) is 11.3 Å². The highest BCUT2D eigenvalue weighted by Crippen LogP contribution is 2.21. The summed E-state index contributed by atoms with van der Waals surface area (Å²) >= 11 is 1.53. The Morgan fingerprint density at radius 1 is 1.30 bits per heavy atom. The molecule has 0 aliphatic rings. The van der Waals surface area contributed by atoms with Crippen LogP contribution in [0.3, 0.4) is 0 Å². The lowest BCUT2D eigenvalue weighted by molar-refractivity contribution is 0.0969. The number of aliphatic hydroxyl groups excluding tert-OH is 1. The van der Waals surface area contributed by atoms with Gasteiger partial charge in [0.25, 0.3) is 0 Å². The van der Waals surface area contributed by atoms with Gasteiger partial charge in [-0.25, -0.2) is 0 Å². The van der Waals surface area contributed by atoms with Gasteiger partial charge < -0.3 is 15.6 Å². The number of aliphatic hydroxyl groups is 1. The SMILES string of the molecule is CC=CC(N)C(O)COc1ccccc1C=Cc1nnc(C)s1. The molecule has 0 radical (unpaired) electrons. The lowest BCUT2D eigenvalue weighted by Crippen LogP contribution is -2.37. The first-order chi connectivity index (χ1) is 11.1. The second kappa shape index (κ2) is 8.57.